The Labute approximate surface area is 118 Å². The van der Waals surface area contributed by atoms with Crippen LogP contribution in [0, 0.1) is 0 Å². The van der Waals surface area contributed by atoms with E-state index < -0.39 is 0 Å². The third-order valence-electron chi connectivity index (χ3n) is 3.77. The number of aromatic nitrogens is 1. The Morgan fingerprint density at radius 2 is 2.32 bits per heavy atom. The van der Waals surface area contributed by atoms with Gasteiger partial charge in [0.15, 0.2) is 0 Å². The summed E-state index contributed by atoms with van der Waals surface area (Å²) in [5, 5.41) is 4.61. The molecule has 2 heterocycles. The number of fused-ring (bicyclic) bond motifs is 1. The van der Waals surface area contributed by atoms with E-state index in [0.29, 0.717) is 12.1 Å². The minimum absolute atomic E-state index is 0.339. The summed E-state index contributed by atoms with van der Waals surface area (Å²) in [7, 11) is 2.02. The van der Waals surface area contributed by atoms with Gasteiger partial charge in [0.1, 0.15) is 0 Å². The van der Waals surface area contributed by atoms with Crippen LogP contribution in [-0.4, -0.2) is 30.8 Å². The molecule has 0 saturated carbocycles. The molecule has 0 radical (unpaired) electrons. The number of thiazole rings is 1. The van der Waals surface area contributed by atoms with Crippen molar-refractivity contribution in [2.45, 2.75) is 37.8 Å². The second-order valence-electron chi connectivity index (χ2n) is 5.08. The normalized spacial score (nSPS) is 21.6. The van der Waals surface area contributed by atoms with E-state index in [4.69, 9.17) is 9.72 Å². The van der Waals surface area contributed by atoms with Crippen LogP contribution in [0.1, 0.15) is 24.3 Å². The van der Waals surface area contributed by atoms with Crippen molar-refractivity contribution in [3.63, 3.8) is 0 Å². The molecule has 2 unspecified atom stereocenters. The van der Waals surface area contributed by atoms with E-state index >= 15 is 0 Å². The molecule has 0 bridgehead atoms. The van der Waals surface area contributed by atoms with Crippen LogP contribution in [0.2, 0.25) is 0 Å². The Hall–Kier alpha value is -0.970. The van der Waals surface area contributed by atoms with Crippen molar-refractivity contribution in [1.29, 1.82) is 0 Å². The largest absolute Gasteiger partial charge is 0.377 e. The minimum Gasteiger partial charge on any atom is -0.377 e. The standard InChI is InChI=1S/C15H20N2OS/c1-16-12(13-7-4-5-9-18-13)10-15-17-11-6-2-3-8-14(11)19-15/h2-3,6,8,12-13,16H,4-5,7,9-10H2,1H3. The molecular formula is C15H20N2OS. The molecule has 0 spiro atoms. The van der Waals surface area contributed by atoms with Crippen molar-refractivity contribution in [3.8, 4) is 0 Å². The van der Waals surface area contributed by atoms with Crippen LogP contribution in [0.5, 0.6) is 0 Å². The fourth-order valence-corrected chi connectivity index (χ4v) is 3.72. The van der Waals surface area contributed by atoms with Gasteiger partial charge in [-0.3, -0.25) is 0 Å². The second kappa shape index (κ2) is 5.99. The van der Waals surface area contributed by atoms with Crippen molar-refractivity contribution in [1.82, 2.24) is 10.3 Å². The van der Waals surface area contributed by atoms with Gasteiger partial charge in [-0.2, -0.15) is 0 Å². The van der Waals surface area contributed by atoms with E-state index in [1.807, 2.05) is 13.1 Å². The molecule has 2 atom stereocenters. The number of hydrogen-bond acceptors (Lipinski definition) is 4. The van der Waals surface area contributed by atoms with Crippen LogP contribution in [0.4, 0.5) is 0 Å². The fourth-order valence-electron chi connectivity index (χ4n) is 2.70. The van der Waals surface area contributed by atoms with Gasteiger partial charge < -0.3 is 10.1 Å². The van der Waals surface area contributed by atoms with Crippen LogP contribution >= 0.6 is 11.3 Å². The maximum Gasteiger partial charge on any atom is 0.0955 e. The van der Waals surface area contributed by atoms with Crippen LogP contribution in [0.3, 0.4) is 0 Å². The minimum atomic E-state index is 0.339. The highest BCUT2D eigenvalue weighted by atomic mass is 32.1. The summed E-state index contributed by atoms with van der Waals surface area (Å²) in [5.41, 5.74) is 1.11. The average molecular weight is 276 g/mol. The smallest absolute Gasteiger partial charge is 0.0955 e. The van der Waals surface area contributed by atoms with Gasteiger partial charge in [-0.15, -0.1) is 11.3 Å². The quantitative estimate of drug-likeness (QED) is 0.932. The molecule has 0 aliphatic carbocycles. The summed E-state index contributed by atoms with van der Waals surface area (Å²) in [4.78, 5) is 4.72. The van der Waals surface area contributed by atoms with Crippen molar-refractivity contribution in [3.05, 3.63) is 29.3 Å². The summed E-state index contributed by atoms with van der Waals surface area (Å²) in [5.74, 6) is 0. The molecule has 19 heavy (non-hydrogen) atoms. The van der Waals surface area contributed by atoms with Gasteiger partial charge in [0.2, 0.25) is 0 Å². The van der Waals surface area contributed by atoms with E-state index in [0.717, 1.165) is 25.0 Å². The van der Waals surface area contributed by atoms with Gasteiger partial charge in [0.05, 0.1) is 21.3 Å². The number of rotatable bonds is 4. The Balaban J connectivity index is 1.74. The fraction of sp³-hybridized carbons (Fsp3) is 0.533. The molecule has 1 aliphatic rings. The topological polar surface area (TPSA) is 34.2 Å². The van der Waals surface area contributed by atoms with Crippen LogP contribution in [-0.2, 0) is 11.2 Å². The van der Waals surface area contributed by atoms with Gasteiger partial charge in [0, 0.05) is 19.1 Å². The summed E-state index contributed by atoms with van der Waals surface area (Å²) in [6.07, 6.45) is 4.94. The number of likely N-dealkylation sites (N-methyl/N-ethyl adjacent to an activating group) is 1. The van der Waals surface area contributed by atoms with Crippen molar-refractivity contribution in [2.24, 2.45) is 0 Å². The number of para-hydroxylation sites is 1. The van der Waals surface area contributed by atoms with Gasteiger partial charge in [-0.25, -0.2) is 4.98 Å². The SMILES string of the molecule is CNC(Cc1nc2ccccc2s1)C1CCCCO1. The zero-order valence-corrected chi connectivity index (χ0v) is 12.1. The van der Waals surface area contributed by atoms with Gasteiger partial charge in [-0.1, -0.05) is 12.1 Å². The number of benzene rings is 1. The van der Waals surface area contributed by atoms with Crippen molar-refractivity contribution in [2.75, 3.05) is 13.7 Å². The van der Waals surface area contributed by atoms with E-state index in [1.54, 1.807) is 11.3 Å². The third-order valence-corrected chi connectivity index (χ3v) is 4.83. The zero-order valence-electron chi connectivity index (χ0n) is 11.3. The predicted molar refractivity (Wildman–Crippen MR) is 79.8 cm³/mol. The Kier molecular flexibility index (Phi) is 4.11. The molecule has 0 amide bonds. The molecule has 1 N–H and O–H groups in total. The molecule has 1 aromatic heterocycles. The van der Waals surface area contributed by atoms with Crippen LogP contribution in [0.15, 0.2) is 24.3 Å². The molecule has 3 rings (SSSR count). The molecular weight excluding hydrogens is 256 g/mol. The summed E-state index contributed by atoms with van der Waals surface area (Å²) in [6, 6.07) is 8.72. The summed E-state index contributed by atoms with van der Waals surface area (Å²) >= 11 is 1.80. The van der Waals surface area contributed by atoms with Gasteiger partial charge >= 0.3 is 0 Å². The highest BCUT2D eigenvalue weighted by molar-refractivity contribution is 7.18. The van der Waals surface area contributed by atoms with Gasteiger partial charge in [-0.05, 0) is 38.4 Å². The molecule has 1 fully saturated rings. The second-order valence-corrected chi connectivity index (χ2v) is 6.19. The lowest BCUT2D eigenvalue weighted by Gasteiger charge is -2.29. The average Bonchev–Trinajstić information content (AvgIpc) is 2.88. The Morgan fingerprint density at radius 1 is 1.42 bits per heavy atom. The maximum atomic E-state index is 5.89. The lowest BCUT2D eigenvalue weighted by Crippen LogP contribution is -2.42. The monoisotopic (exact) mass is 276 g/mol. The summed E-state index contributed by atoms with van der Waals surface area (Å²) < 4.78 is 7.17. The number of hydrogen-bond donors (Lipinski definition) is 1. The van der Waals surface area contributed by atoms with Crippen molar-refractivity contribution >= 4 is 21.6 Å². The number of ether oxygens (including phenoxy) is 1. The van der Waals surface area contributed by atoms with Crippen LogP contribution < -0.4 is 5.32 Å². The van der Waals surface area contributed by atoms with Crippen molar-refractivity contribution < 1.29 is 4.74 Å². The first-order chi connectivity index (χ1) is 9.36. The third kappa shape index (κ3) is 2.96. The lowest BCUT2D eigenvalue weighted by atomic mass is 10.00. The van der Waals surface area contributed by atoms with E-state index in [9.17, 15) is 0 Å². The molecule has 4 heteroatoms. The summed E-state index contributed by atoms with van der Waals surface area (Å²) in [6.45, 7) is 0.905. The first kappa shape index (κ1) is 13.0. The lowest BCUT2D eigenvalue weighted by molar-refractivity contribution is -0.00587. The Bertz CT molecular complexity index is 501. The molecule has 3 nitrogen and oxygen atoms in total. The van der Waals surface area contributed by atoms with Gasteiger partial charge in [0.25, 0.3) is 0 Å². The molecule has 1 saturated heterocycles. The highest BCUT2D eigenvalue weighted by Crippen LogP contribution is 2.24. The van der Waals surface area contributed by atoms with Crippen LogP contribution in [0.25, 0.3) is 10.2 Å². The van der Waals surface area contributed by atoms with E-state index in [1.165, 1.54) is 22.5 Å². The van der Waals surface area contributed by atoms with E-state index in [2.05, 4.69) is 23.5 Å². The first-order valence-corrected chi connectivity index (χ1v) is 7.82. The maximum absolute atomic E-state index is 5.89. The molecule has 1 aromatic carbocycles. The Morgan fingerprint density at radius 3 is 3.05 bits per heavy atom. The molecule has 102 valence electrons. The first-order valence-electron chi connectivity index (χ1n) is 7.00. The molecule has 1 aliphatic heterocycles. The van der Waals surface area contributed by atoms with E-state index in [-0.39, 0.29) is 0 Å². The highest BCUT2D eigenvalue weighted by Gasteiger charge is 2.24. The number of nitrogens with one attached hydrogen (secondary N) is 1. The molecule has 2 aromatic rings. The predicted octanol–water partition coefficient (Wildman–Crippen LogP) is 3.00. The zero-order chi connectivity index (χ0) is 13.1. The number of nitrogens with zero attached hydrogens (tertiary/aromatic N) is 1.